The molecule has 0 aliphatic carbocycles. The van der Waals surface area contributed by atoms with Crippen LogP contribution in [-0.2, 0) is 6.42 Å². The van der Waals surface area contributed by atoms with Crippen molar-refractivity contribution in [2.24, 2.45) is 5.73 Å². The van der Waals surface area contributed by atoms with Gasteiger partial charge in [-0.1, -0.05) is 0 Å². The largest absolute Gasteiger partial charge is 0.461 e. The molecule has 0 bridgehead atoms. The molecule has 80 valence electrons. The first kappa shape index (κ1) is 10.2. The van der Waals surface area contributed by atoms with E-state index in [0.29, 0.717) is 0 Å². The second-order valence-corrected chi connectivity index (χ2v) is 3.91. The molecule has 15 heavy (non-hydrogen) atoms. The molecule has 0 fully saturated rings. The van der Waals surface area contributed by atoms with Crippen LogP contribution in [0.2, 0.25) is 0 Å². The average Bonchev–Trinajstić information content (AvgIpc) is 2.56. The number of fused-ring (bicyclic) bond motifs is 1. The van der Waals surface area contributed by atoms with Gasteiger partial charge in [-0.05, 0) is 37.6 Å². The molecule has 0 aliphatic rings. The highest BCUT2D eigenvalue weighted by atomic mass is 19.1. The SMILES string of the molecule is CC(N)CCc1cc2cc(F)ccc2o1. The molecule has 1 unspecified atom stereocenters. The Hall–Kier alpha value is -1.35. The second-order valence-electron chi connectivity index (χ2n) is 3.91. The highest BCUT2D eigenvalue weighted by Crippen LogP contribution is 2.21. The standard InChI is InChI=1S/C12H14FNO/c1-8(14)2-4-11-7-9-6-10(13)3-5-12(9)15-11/h3,5-8H,2,4,14H2,1H3. The van der Waals surface area contributed by atoms with Crippen molar-refractivity contribution in [2.75, 3.05) is 0 Å². The number of benzene rings is 1. The molecular formula is C12H14FNO. The van der Waals surface area contributed by atoms with Gasteiger partial charge in [-0.2, -0.15) is 0 Å². The molecule has 1 atom stereocenters. The van der Waals surface area contributed by atoms with Gasteiger partial charge in [0.05, 0.1) is 0 Å². The number of halogens is 1. The van der Waals surface area contributed by atoms with Crippen LogP contribution in [0.25, 0.3) is 11.0 Å². The van der Waals surface area contributed by atoms with E-state index in [4.69, 9.17) is 10.2 Å². The normalized spacial score (nSPS) is 13.3. The summed E-state index contributed by atoms with van der Waals surface area (Å²) in [5.41, 5.74) is 6.39. The second kappa shape index (κ2) is 4.03. The van der Waals surface area contributed by atoms with Crippen LogP contribution in [0.5, 0.6) is 0 Å². The zero-order valence-electron chi connectivity index (χ0n) is 8.66. The fourth-order valence-electron chi connectivity index (χ4n) is 1.56. The molecule has 2 rings (SSSR count). The van der Waals surface area contributed by atoms with Crippen molar-refractivity contribution >= 4 is 11.0 Å². The van der Waals surface area contributed by atoms with Crippen LogP contribution >= 0.6 is 0 Å². The average molecular weight is 207 g/mol. The van der Waals surface area contributed by atoms with Gasteiger partial charge in [-0.3, -0.25) is 0 Å². The molecule has 0 saturated carbocycles. The molecule has 1 aromatic heterocycles. The number of nitrogens with two attached hydrogens (primary N) is 1. The van der Waals surface area contributed by atoms with Crippen LogP contribution < -0.4 is 5.73 Å². The zero-order valence-corrected chi connectivity index (χ0v) is 8.66. The van der Waals surface area contributed by atoms with Gasteiger partial charge in [0, 0.05) is 17.8 Å². The fraction of sp³-hybridized carbons (Fsp3) is 0.333. The van der Waals surface area contributed by atoms with Crippen LogP contribution in [0, 0.1) is 5.82 Å². The summed E-state index contributed by atoms with van der Waals surface area (Å²) in [4.78, 5) is 0. The minimum absolute atomic E-state index is 0.162. The predicted molar refractivity (Wildman–Crippen MR) is 58.1 cm³/mol. The molecule has 0 saturated heterocycles. The number of rotatable bonds is 3. The van der Waals surface area contributed by atoms with Gasteiger partial charge < -0.3 is 10.2 Å². The minimum atomic E-state index is -0.234. The Morgan fingerprint density at radius 3 is 2.93 bits per heavy atom. The summed E-state index contributed by atoms with van der Waals surface area (Å²) in [5, 5.41) is 0.815. The van der Waals surface area contributed by atoms with Crippen LogP contribution in [0.15, 0.2) is 28.7 Å². The quantitative estimate of drug-likeness (QED) is 0.840. The van der Waals surface area contributed by atoms with Crippen LogP contribution in [0.4, 0.5) is 4.39 Å². The van der Waals surface area contributed by atoms with Gasteiger partial charge in [0.1, 0.15) is 17.2 Å². The van der Waals surface area contributed by atoms with Crippen molar-refractivity contribution in [1.29, 1.82) is 0 Å². The Morgan fingerprint density at radius 2 is 2.20 bits per heavy atom. The number of furan rings is 1. The van der Waals surface area contributed by atoms with Gasteiger partial charge in [-0.25, -0.2) is 4.39 Å². The minimum Gasteiger partial charge on any atom is -0.461 e. The molecular weight excluding hydrogens is 193 g/mol. The summed E-state index contributed by atoms with van der Waals surface area (Å²) in [6, 6.07) is 6.57. The molecule has 0 spiro atoms. The summed E-state index contributed by atoms with van der Waals surface area (Å²) < 4.78 is 18.4. The maximum absolute atomic E-state index is 12.9. The highest BCUT2D eigenvalue weighted by molar-refractivity contribution is 5.77. The Labute approximate surface area is 87.9 Å². The smallest absolute Gasteiger partial charge is 0.134 e. The van der Waals surface area contributed by atoms with Crippen LogP contribution in [0.1, 0.15) is 19.1 Å². The van der Waals surface area contributed by atoms with E-state index in [-0.39, 0.29) is 11.9 Å². The lowest BCUT2D eigenvalue weighted by atomic mass is 10.1. The van der Waals surface area contributed by atoms with Gasteiger partial charge in [-0.15, -0.1) is 0 Å². The van der Waals surface area contributed by atoms with E-state index < -0.39 is 0 Å². The van der Waals surface area contributed by atoms with E-state index in [1.54, 1.807) is 6.07 Å². The predicted octanol–water partition coefficient (Wildman–Crippen LogP) is 2.85. The first-order valence-electron chi connectivity index (χ1n) is 5.09. The summed E-state index contributed by atoms with van der Waals surface area (Å²) in [6.07, 6.45) is 1.68. The van der Waals surface area contributed by atoms with Gasteiger partial charge in [0.2, 0.25) is 0 Å². The third-order valence-electron chi connectivity index (χ3n) is 2.38. The Balaban J connectivity index is 2.23. The molecule has 2 aromatic rings. The zero-order chi connectivity index (χ0) is 10.8. The van der Waals surface area contributed by atoms with Crippen molar-refractivity contribution < 1.29 is 8.81 Å². The number of aryl methyl sites for hydroxylation is 1. The fourth-order valence-corrected chi connectivity index (χ4v) is 1.56. The molecule has 1 heterocycles. The topological polar surface area (TPSA) is 39.2 Å². The van der Waals surface area contributed by atoms with Crippen molar-refractivity contribution in [3.05, 3.63) is 35.8 Å². The van der Waals surface area contributed by atoms with E-state index in [1.165, 1.54) is 12.1 Å². The first-order valence-corrected chi connectivity index (χ1v) is 5.09. The lowest BCUT2D eigenvalue weighted by molar-refractivity contribution is 0.522. The molecule has 3 heteroatoms. The lowest BCUT2D eigenvalue weighted by Crippen LogP contribution is -2.15. The molecule has 2 N–H and O–H groups in total. The Kier molecular flexibility index (Phi) is 2.73. The summed E-state index contributed by atoms with van der Waals surface area (Å²) in [7, 11) is 0. The number of hydrogen-bond acceptors (Lipinski definition) is 2. The monoisotopic (exact) mass is 207 g/mol. The van der Waals surface area contributed by atoms with Crippen molar-refractivity contribution in [2.45, 2.75) is 25.8 Å². The van der Waals surface area contributed by atoms with E-state index >= 15 is 0 Å². The van der Waals surface area contributed by atoms with E-state index in [2.05, 4.69) is 0 Å². The third kappa shape index (κ3) is 2.36. The lowest BCUT2D eigenvalue weighted by Gasteiger charge is -2.00. The highest BCUT2D eigenvalue weighted by Gasteiger charge is 2.05. The van der Waals surface area contributed by atoms with Crippen molar-refractivity contribution in [3.8, 4) is 0 Å². The van der Waals surface area contributed by atoms with E-state index in [9.17, 15) is 4.39 Å². The first-order chi connectivity index (χ1) is 7.15. The maximum atomic E-state index is 12.9. The van der Waals surface area contributed by atoms with E-state index in [1.807, 2.05) is 13.0 Å². The molecule has 0 aliphatic heterocycles. The van der Waals surface area contributed by atoms with Crippen LogP contribution in [-0.4, -0.2) is 6.04 Å². The Bertz CT molecular complexity index is 462. The van der Waals surface area contributed by atoms with Gasteiger partial charge >= 0.3 is 0 Å². The van der Waals surface area contributed by atoms with Gasteiger partial charge in [0.15, 0.2) is 0 Å². The third-order valence-corrected chi connectivity index (χ3v) is 2.38. The summed E-state index contributed by atoms with van der Waals surface area (Å²) in [5.74, 6) is 0.634. The Morgan fingerprint density at radius 1 is 1.40 bits per heavy atom. The van der Waals surface area contributed by atoms with Crippen molar-refractivity contribution in [3.63, 3.8) is 0 Å². The van der Waals surface area contributed by atoms with Crippen LogP contribution in [0.3, 0.4) is 0 Å². The summed E-state index contributed by atoms with van der Waals surface area (Å²) >= 11 is 0. The molecule has 1 aromatic carbocycles. The maximum Gasteiger partial charge on any atom is 0.134 e. The van der Waals surface area contributed by atoms with Gasteiger partial charge in [0.25, 0.3) is 0 Å². The summed E-state index contributed by atoms with van der Waals surface area (Å²) in [6.45, 7) is 1.96. The molecule has 0 amide bonds. The molecule has 2 nitrogen and oxygen atoms in total. The number of hydrogen-bond donors (Lipinski definition) is 1. The van der Waals surface area contributed by atoms with Crippen molar-refractivity contribution in [1.82, 2.24) is 0 Å². The molecule has 0 radical (unpaired) electrons. The van der Waals surface area contributed by atoms with E-state index in [0.717, 1.165) is 29.6 Å².